The van der Waals surface area contributed by atoms with Gasteiger partial charge in [-0.05, 0) is 38.5 Å². The summed E-state index contributed by atoms with van der Waals surface area (Å²) in [7, 11) is 0. The molecular formula is C15H24ClN3O. The number of aromatic nitrogens is 2. The van der Waals surface area contributed by atoms with Crippen LogP contribution < -0.4 is 5.32 Å². The second-order valence-electron chi connectivity index (χ2n) is 5.67. The lowest BCUT2D eigenvalue weighted by atomic mass is 10.0. The molecule has 1 aromatic heterocycles. The van der Waals surface area contributed by atoms with Crippen molar-refractivity contribution in [3.8, 4) is 0 Å². The molecule has 0 radical (unpaired) electrons. The van der Waals surface area contributed by atoms with E-state index < -0.39 is 0 Å². The van der Waals surface area contributed by atoms with Crippen molar-refractivity contribution in [3.05, 3.63) is 16.5 Å². The first-order valence-electron chi connectivity index (χ1n) is 7.54. The lowest BCUT2D eigenvalue weighted by molar-refractivity contribution is 0.255. The third kappa shape index (κ3) is 4.06. The quantitative estimate of drug-likeness (QED) is 0.721. The maximum absolute atomic E-state index is 9.11. The van der Waals surface area contributed by atoms with E-state index in [9.17, 15) is 0 Å². The van der Waals surface area contributed by atoms with Gasteiger partial charge in [0.25, 0.3) is 0 Å². The van der Waals surface area contributed by atoms with Gasteiger partial charge in [0, 0.05) is 24.6 Å². The Hall–Kier alpha value is -0.870. The molecule has 1 aliphatic rings. The van der Waals surface area contributed by atoms with Gasteiger partial charge in [-0.3, -0.25) is 0 Å². The third-order valence-corrected chi connectivity index (χ3v) is 4.21. The summed E-state index contributed by atoms with van der Waals surface area (Å²) in [5.74, 6) is 2.70. The zero-order chi connectivity index (χ0) is 14.5. The second kappa shape index (κ2) is 7.23. The number of rotatable bonds is 8. The summed E-state index contributed by atoms with van der Waals surface area (Å²) in [6, 6.07) is 0. The normalized spacial score (nSPS) is 16.2. The van der Waals surface area contributed by atoms with Crippen LogP contribution >= 0.6 is 11.6 Å². The van der Waals surface area contributed by atoms with Gasteiger partial charge in [-0.15, -0.1) is 0 Å². The molecule has 1 aliphatic carbocycles. The second-order valence-corrected chi connectivity index (χ2v) is 6.03. The van der Waals surface area contributed by atoms with E-state index in [1.165, 1.54) is 12.8 Å². The Morgan fingerprint density at radius 2 is 2.10 bits per heavy atom. The average molecular weight is 298 g/mol. The Morgan fingerprint density at radius 1 is 1.35 bits per heavy atom. The number of nitrogens with one attached hydrogen (secondary N) is 1. The topological polar surface area (TPSA) is 58.0 Å². The van der Waals surface area contributed by atoms with E-state index in [4.69, 9.17) is 16.7 Å². The summed E-state index contributed by atoms with van der Waals surface area (Å²) in [5, 5.41) is 13.1. The van der Waals surface area contributed by atoms with Crippen LogP contribution in [0.3, 0.4) is 0 Å². The summed E-state index contributed by atoms with van der Waals surface area (Å²) in [5.41, 5.74) is 0.912. The molecule has 0 spiro atoms. The van der Waals surface area contributed by atoms with E-state index in [1.807, 2.05) is 6.92 Å². The van der Waals surface area contributed by atoms with Crippen LogP contribution in [0.1, 0.15) is 56.3 Å². The highest BCUT2D eigenvalue weighted by molar-refractivity contribution is 6.30. The highest BCUT2D eigenvalue weighted by atomic mass is 35.5. The molecule has 1 fully saturated rings. The first-order valence-corrected chi connectivity index (χ1v) is 7.92. The molecule has 2 rings (SSSR count). The standard InChI is InChI=1S/C15H24ClN3O/c1-3-4-11(7-8-20)9-17-14-10(2)13(16)18-15(19-14)12-5-6-12/h11-12,20H,3-9H2,1-2H3,(H,17,18,19). The van der Waals surface area contributed by atoms with Crippen molar-refractivity contribution >= 4 is 17.4 Å². The minimum atomic E-state index is 0.239. The average Bonchev–Trinajstić information content (AvgIpc) is 3.25. The van der Waals surface area contributed by atoms with Crippen molar-refractivity contribution in [3.63, 3.8) is 0 Å². The monoisotopic (exact) mass is 297 g/mol. The minimum absolute atomic E-state index is 0.239. The van der Waals surface area contributed by atoms with Gasteiger partial charge in [-0.1, -0.05) is 24.9 Å². The summed E-state index contributed by atoms with van der Waals surface area (Å²) < 4.78 is 0. The van der Waals surface area contributed by atoms with Gasteiger partial charge in [0.2, 0.25) is 0 Å². The maximum Gasteiger partial charge on any atom is 0.137 e. The molecule has 20 heavy (non-hydrogen) atoms. The molecule has 1 aromatic rings. The molecule has 0 saturated heterocycles. The van der Waals surface area contributed by atoms with Crippen LogP contribution in [0.5, 0.6) is 0 Å². The summed E-state index contributed by atoms with van der Waals surface area (Å²) in [6.07, 6.45) is 5.40. The first kappa shape index (κ1) is 15.5. The fourth-order valence-corrected chi connectivity index (χ4v) is 2.56. The van der Waals surface area contributed by atoms with Crippen LogP contribution in [0.4, 0.5) is 5.82 Å². The number of halogens is 1. The highest BCUT2D eigenvalue weighted by Gasteiger charge is 2.28. The van der Waals surface area contributed by atoms with Crippen LogP contribution in [-0.2, 0) is 0 Å². The van der Waals surface area contributed by atoms with Crippen LogP contribution in [0.2, 0.25) is 5.15 Å². The number of nitrogens with zero attached hydrogens (tertiary/aromatic N) is 2. The Bertz CT molecular complexity index is 443. The molecule has 112 valence electrons. The number of hydrogen-bond donors (Lipinski definition) is 2. The van der Waals surface area contributed by atoms with Gasteiger partial charge in [0.15, 0.2) is 0 Å². The van der Waals surface area contributed by atoms with E-state index in [0.717, 1.165) is 43.0 Å². The molecule has 0 bridgehead atoms. The predicted molar refractivity (Wildman–Crippen MR) is 82.3 cm³/mol. The van der Waals surface area contributed by atoms with Gasteiger partial charge in [-0.25, -0.2) is 9.97 Å². The maximum atomic E-state index is 9.11. The van der Waals surface area contributed by atoms with Crippen molar-refractivity contribution in [2.45, 2.75) is 51.9 Å². The molecule has 0 amide bonds. The number of aliphatic hydroxyl groups is 1. The Morgan fingerprint density at radius 3 is 2.70 bits per heavy atom. The summed E-state index contributed by atoms with van der Waals surface area (Å²) >= 11 is 6.20. The Labute approximate surface area is 126 Å². The predicted octanol–water partition coefficient (Wildman–Crippen LogP) is 3.53. The van der Waals surface area contributed by atoms with Crippen LogP contribution in [0, 0.1) is 12.8 Å². The number of aliphatic hydroxyl groups excluding tert-OH is 1. The van der Waals surface area contributed by atoms with Crippen LogP contribution in [0.25, 0.3) is 0 Å². The largest absolute Gasteiger partial charge is 0.396 e. The van der Waals surface area contributed by atoms with E-state index in [0.29, 0.717) is 17.0 Å². The van der Waals surface area contributed by atoms with Crippen molar-refractivity contribution in [2.24, 2.45) is 5.92 Å². The highest BCUT2D eigenvalue weighted by Crippen LogP contribution is 2.39. The zero-order valence-corrected chi connectivity index (χ0v) is 13.1. The van der Waals surface area contributed by atoms with Gasteiger partial charge < -0.3 is 10.4 Å². The molecule has 1 unspecified atom stereocenters. The van der Waals surface area contributed by atoms with Gasteiger partial charge in [0.1, 0.15) is 16.8 Å². The molecule has 2 N–H and O–H groups in total. The van der Waals surface area contributed by atoms with Crippen molar-refractivity contribution in [1.29, 1.82) is 0 Å². The van der Waals surface area contributed by atoms with Gasteiger partial charge in [0.05, 0.1) is 0 Å². The first-order chi connectivity index (χ1) is 9.65. The van der Waals surface area contributed by atoms with E-state index in [1.54, 1.807) is 0 Å². The van der Waals surface area contributed by atoms with Crippen molar-refractivity contribution in [2.75, 3.05) is 18.5 Å². The number of anilines is 1. The minimum Gasteiger partial charge on any atom is -0.396 e. The van der Waals surface area contributed by atoms with Crippen molar-refractivity contribution < 1.29 is 5.11 Å². The van der Waals surface area contributed by atoms with E-state index in [2.05, 4.69) is 22.2 Å². The molecule has 0 aromatic carbocycles. The van der Waals surface area contributed by atoms with Gasteiger partial charge >= 0.3 is 0 Å². The number of hydrogen-bond acceptors (Lipinski definition) is 4. The third-order valence-electron chi connectivity index (χ3n) is 3.84. The molecular weight excluding hydrogens is 274 g/mol. The molecule has 4 nitrogen and oxygen atoms in total. The molecule has 1 atom stereocenters. The van der Waals surface area contributed by atoms with Crippen LogP contribution in [-0.4, -0.2) is 28.2 Å². The zero-order valence-electron chi connectivity index (χ0n) is 12.3. The van der Waals surface area contributed by atoms with E-state index in [-0.39, 0.29) is 6.61 Å². The summed E-state index contributed by atoms with van der Waals surface area (Å²) in [4.78, 5) is 8.99. The van der Waals surface area contributed by atoms with Crippen LogP contribution in [0.15, 0.2) is 0 Å². The van der Waals surface area contributed by atoms with Crippen molar-refractivity contribution in [1.82, 2.24) is 9.97 Å². The van der Waals surface area contributed by atoms with Gasteiger partial charge in [-0.2, -0.15) is 0 Å². The fourth-order valence-electron chi connectivity index (χ4n) is 2.38. The smallest absolute Gasteiger partial charge is 0.137 e. The SMILES string of the molecule is CCCC(CCO)CNc1nc(C2CC2)nc(Cl)c1C. The molecule has 5 heteroatoms. The molecule has 1 saturated carbocycles. The molecule has 0 aliphatic heterocycles. The lowest BCUT2D eigenvalue weighted by Crippen LogP contribution is -2.17. The molecule has 1 heterocycles. The Kier molecular flexibility index (Phi) is 5.61. The fraction of sp³-hybridized carbons (Fsp3) is 0.733. The lowest BCUT2D eigenvalue weighted by Gasteiger charge is -2.17. The Balaban J connectivity index is 2.03. The summed E-state index contributed by atoms with van der Waals surface area (Å²) in [6.45, 7) is 5.18. The van der Waals surface area contributed by atoms with E-state index >= 15 is 0 Å².